The molecular weight excluding hydrogens is 802 g/mol. The average Bonchev–Trinajstić information content (AvgIpc) is 4.09. The Bertz CT molecular complexity index is 2370. The van der Waals surface area contributed by atoms with Gasteiger partial charge in [0, 0.05) is 49.9 Å². The summed E-state index contributed by atoms with van der Waals surface area (Å²) >= 11 is 0. The molecular formula is C43H46F2N4O12. The van der Waals surface area contributed by atoms with Crippen molar-refractivity contribution < 1.29 is 61.5 Å². The number of fused-ring (bicyclic) bond motifs is 1. The predicted octanol–water partition coefficient (Wildman–Crippen LogP) is 5.13. The number of rotatable bonds is 16. The number of pyridine rings is 1. The number of aromatic carboxylic acids is 1. The molecule has 6 rings (SSSR count). The first-order chi connectivity index (χ1) is 29.2. The van der Waals surface area contributed by atoms with E-state index in [-0.39, 0.29) is 67.7 Å². The van der Waals surface area contributed by atoms with E-state index in [1.165, 1.54) is 24.3 Å². The van der Waals surface area contributed by atoms with Crippen LogP contribution in [0.15, 0.2) is 65.6 Å². The molecule has 18 heteroatoms. The molecule has 1 aromatic heterocycles. The molecule has 1 aliphatic carbocycles. The number of esters is 3. The Hall–Kier alpha value is -6.56. The van der Waals surface area contributed by atoms with Crippen molar-refractivity contribution in [2.24, 2.45) is 5.73 Å². The Morgan fingerprint density at radius 1 is 0.918 bits per heavy atom. The number of hydrogen-bond acceptors (Lipinski definition) is 13. The van der Waals surface area contributed by atoms with Crippen molar-refractivity contribution in [1.82, 2.24) is 9.47 Å². The van der Waals surface area contributed by atoms with Gasteiger partial charge in [0.15, 0.2) is 11.6 Å². The predicted molar refractivity (Wildman–Crippen MR) is 215 cm³/mol. The number of benzene rings is 3. The number of methoxy groups -OCH3 is 1. The van der Waals surface area contributed by atoms with Gasteiger partial charge in [-0.1, -0.05) is 42.5 Å². The second-order valence-corrected chi connectivity index (χ2v) is 14.8. The van der Waals surface area contributed by atoms with Gasteiger partial charge in [-0.25, -0.2) is 18.4 Å². The summed E-state index contributed by atoms with van der Waals surface area (Å²) < 4.78 is 58.3. The molecule has 3 unspecified atom stereocenters. The second kappa shape index (κ2) is 19.2. The third-order valence-electron chi connectivity index (χ3n) is 10.6. The van der Waals surface area contributed by atoms with Crippen molar-refractivity contribution in [3.05, 3.63) is 93.8 Å². The lowest BCUT2D eigenvalue weighted by molar-refractivity contribution is -0.158. The highest BCUT2D eigenvalue weighted by Crippen LogP contribution is 2.44. The first-order valence-corrected chi connectivity index (χ1v) is 19.7. The van der Waals surface area contributed by atoms with Gasteiger partial charge in [-0.2, -0.15) is 0 Å². The fourth-order valence-electron chi connectivity index (χ4n) is 7.14. The molecule has 324 valence electrons. The zero-order chi connectivity index (χ0) is 44.0. The fraction of sp³-hybridized carbons (Fsp3) is 0.395. The van der Waals surface area contributed by atoms with Crippen LogP contribution < -0.4 is 20.8 Å². The van der Waals surface area contributed by atoms with Crippen molar-refractivity contribution >= 4 is 46.6 Å². The van der Waals surface area contributed by atoms with E-state index in [9.17, 15) is 38.3 Å². The summed E-state index contributed by atoms with van der Waals surface area (Å²) in [5.74, 6) is -5.79. The van der Waals surface area contributed by atoms with E-state index in [0.29, 0.717) is 16.7 Å². The van der Waals surface area contributed by atoms with Crippen LogP contribution in [0.25, 0.3) is 22.0 Å². The Morgan fingerprint density at radius 3 is 2.30 bits per heavy atom. The van der Waals surface area contributed by atoms with E-state index in [2.05, 4.69) is 0 Å². The summed E-state index contributed by atoms with van der Waals surface area (Å²) in [6, 6.07) is 12.5. The molecule has 3 atom stereocenters. The maximum atomic E-state index is 15.8. The number of halogens is 2. The van der Waals surface area contributed by atoms with Gasteiger partial charge in [0.05, 0.1) is 43.6 Å². The van der Waals surface area contributed by atoms with Crippen LogP contribution in [-0.4, -0.2) is 103 Å². The van der Waals surface area contributed by atoms with Gasteiger partial charge in [0.1, 0.15) is 23.1 Å². The van der Waals surface area contributed by atoms with Gasteiger partial charge in [0.2, 0.25) is 12.2 Å². The van der Waals surface area contributed by atoms with Crippen LogP contribution in [0.5, 0.6) is 5.75 Å². The van der Waals surface area contributed by atoms with Gasteiger partial charge < -0.3 is 48.9 Å². The Balaban J connectivity index is 0.911. The number of aromatic nitrogens is 1. The zero-order valence-electron chi connectivity index (χ0n) is 33.8. The molecule has 4 aromatic rings. The molecule has 61 heavy (non-hydrogen) atoms. The van der Waals surface area contributed by atoms with Gasteiger partial charge >= 0.3 is 30.0 Å². The van der Waals surface area contributed by atoms with Gasteiger partial charge in [-0.3, -0.25) is 19.2 Å². The lowest BCUT2D eigenvalue weighted by Gasteiger charge is -2.40. The molecule has 1 saturated carbocycles. The normalized spacial score (nSPS) is 16.1. The summed E-state index contributed by atoms with van der Waals surface area (Å²) in [4.78, 5) is 78.1. The zero-order valence-corrected chi connectivity index (χ0v) is 33.8. The number of carboxylic acids is 1. The summed E-state index contributed by atoms with van der Waals surface area (Å²) in [5.41, 5.74) is 6.40. The third-order valence-corrected chi connectivity index (χ3v) is 10.6. The fourth-order valence-corrected chi connectivity index (χ4v) is 7.14. The number of nitrogens with zero attached hydrogens (tertiary/aromatic N) is 3. The third kappa shape index (κ3) is 10.1. The van der Waals surface area contributed by atoms with Crippen molar-refractivity contribution in [1.29, 1.82) is 0 Å². The van der Waals surface area contributed by atoms with Crippen molar-refractivity contribution in [2.75, 3.05) is 51.7 Å². The highest BCUT2D eigenvalue weighted by molar-refractivity contribution is 5.97. The summed E-state index contributed by atoms with van der Waals surface area (Å²) in [6.07, 6.45) is 1.55. The first kappa shape index (κ1) is 44.0. The Morgan fingerprint density at radius 2 is 1.64 bits per heavy atom. The van der Waals surface area contributed by atoms with E-state index < -0.39 is 83.8 Å². The van der Waals surface area contributed by atoms with Crippen LogP contribution in [0.1, 0.15) is 67.4 Å². The van der Waals surface area contributed by atoms with Crippen LogP contribution in [0, 0.1) is 11.6 Å². The lowest BCUT2D eigenvalue weighted by atomic mass is 9.97. The molecule has 0 radical (unpaired) electrons. The van der Waals surface area contributed by atoms with E-state index >= 15 is 4.39 Å². The van der Waals surface area contributed by atoms with Gasteiger partial charge in [-0.15, -0.1) is 0 Å². The molecule has 2 aliphatic rings. The topological polar surface area (TPSA) is 206 Å². The van der Waals surface area contributed by atoms with Crippen LogP contribution in [-0.2, 0) is 33.3 Å². The number of carbonyl (C=O) groups excluding carboxylic acids is 4. The molecule has 0 spiro atoms. The van der Waals surface area contributed by atoms with Crippen molar-refractivity contribution in [3.8, 4) is 16.9 Å². The number of anilines is 1. The van der Waals surface area contributed by atoms with E-state index in [1.807, 2.05) is 6.07 Å². The second-order valence-electron chi connectivity index (χ2n) is 14.8. The molecule has 1 saturated heterocycles. The molecule has 2 fully saturated rings. The minimum absolute atomic E-state index is 0.0574. The summed E-state index contributed by atoms with van der Waals surface area (Å²) in [7, 11) is 1.33. The monoisotopic (exact) mass is 848 g/mol. The summed E-state index contributed by atoms with van der Waals surface area (Å²) in [5, 5.41) is 9.49. The van der Waals surface area contributed by atoms with Crippen LogP contribution in [0.4, 0.5) is 19.3 Å². The Kier molecular flexibility index (Phi) is 13.9. The molecule has 16 nitrogen and oxygen atoms in total. The number of hydrogen-bond donors (Lipinski definition) is 2. The molecule has 3 aromatic carbocycles. The molecule has 1 amide bonds. The number of amides is 1. The maximum Gasteiger partial charge on any atom is 0.413 e. The highest BCUT2D eigenvalue weighted by atomic mass is 19.1. The van der Waals surface area contributed by atoms with Crippen LogP contribution in [0.3, 0.4) is 0 Å². The maximum absolute atomic E-state index is 15.8. The van der Waals surface area contributed by atoms with E-state index in [1.54, 1.807) is 59.7 Å². The molecule has 2 heterocycles. The smallest absolute Gasteiger partial charge is 0.413 e. The minimum Gasteiger partial charge on any atom is -0.492 e. The summed E-state index contributed by atoms with van der Waals surface area (Å²) in [6.45, 7) is 2.58. The molecule has 3 N–H and O–H groups in total. The van der Waals surface area contributed by atoms with Crippen LogP contribution >= 0.6 is 0 Å². The lowest BCUT2D eigenvalue weighted by Crippen LogP contribution is -2.54. The van der Waals surface area contributed by atoms with Crippen molar-refractivity contribution in [2.45, 2.75) is 63.6 Å². The number of nitrogens with two attached hydrogens (primary N) is 1. The first-order valence-electron chi connectivity index (χ1n) is 19.7. The van der Waals surface area contributed by atoms with E-state index in [0.717, 1.165) is 18.9 Å². The largest absolute Gasteiger partial charge is 0.492 e. The van der Waals surface area contributed by atoms with E-state index in [4.69, 9.17) is 29.4 Å². The number of piperazine rings is 1. The average molecular weight is 849 g/mol. The number of carboxylic acid groups (broad SMARTS) is 1. The Labute approximate surface area is 348 Å². The minimum atomic E-state index is -1.43. The van der Waals surface area contributed by atoms with Crippen LogP contribution in [0.2, 0.25) is 0 Å². The number of ether oxygens (including phenoxy) is 5. The van der Waals surface area contributed by atoms with Gasteiger partial charge in [-0.05, 0) is 49.9 Å². The molecule has 1 aliphatic heterocycles. The highest BCUT2D eigenvalue weighted by Gasteiger charge is 2.35. The standard InChI is InChI=1S/C43H46F2N4O12/c1-24-21-47(37-33(45)19-30-36(39(37)57-3)49(28-11-12-28)22-31(38(30)51)40(52)53)14-15-48(24)43(56)61-23-60-42(55)34(46)20-35(50)58-16-7-17-59-41(54)25(2)27-10-13-29(32(44)18-27)26-8-5-4-6-9-26/h4-6,8-10,13,18-19,22,24-25,28,34H,7,11-12,14-17,20-21,23,46H2,1-3H3,(H,52,53). The number of carbonyl (C=O) groups is 5. The SMILES string of the molecule is COc1c(N2CCN(C(=O)OCOC(=O)C(N)CC(=O)OCCCOC(=O)C(C)c3ccc(-c4ccccc4)c(F)c3)C(C)C2)c(F)cc2c(=O)c(C(=O)O)cn(C3CC3)c12. The quantitative estimate of drug-likeness (QED) is 0.0649. The van der Waals surface area contributed by atoms with Gasteiger partial charge in [0.25, 0.3) is 0 Å². The molecule has 0 bridgehead atoms. The van der Waals surface area contributed by atoms with Crippen molar-refractivity contribution in [3.63, 3.8) is 0 Å².